The highest BCUT2D eigenvalue weighted by Crippen LogP contribution is 2.16. The summed E-state index contributed by atoms with van der Waals surface area (Å²) in [6.07, 6.45) is 0. The van der Waals surface area contributed by atoms with E-state index in [1.54, 1.807) is 18.4 Å². The van der Waals surface area contributed by atoms with Crippen LogP contribution in [-0.2, 0) is 6.54 Å². The van der Waals surface area contributed by atoms with Crippen LogP contribution >= 0.6 is 11.3 Å². The Morgan fingerprint density at radius 1 is 1.25 bits per heavy atom. The summed E-state index contributed by atoms with van der Waals surface area (Å²) in [7, 11) is 1.68. The van der Waals surface area contributed by atoms with Crippen LogP contribution in [0.4, 0.5) is 8.78 Å². The molecule has 5 nitrogen and oxygen atoms in total. The number of aromatic nitrogens is 1. The number of benzene rings is 1. The second kappa shape index (κ2) is 8.58. The second-order valence-electron chi connectivity index (χ2n) is 5.02. The van der Waals surface area contributed by atoms with Crippen molar-refractivity contribution >= 4 is 17.3 Å². The molecule has 0 bridgehead atoms. The van der Waals surface area contributed by atoms with Crippen LogP contribution < -0.4 is 15.4 Å². The van der Waals surface area contributed by atoms with Crippen molar-refractivity contribution in [1.82, 2.24) is 15.6 Å². The van der Waals surface area contributed by atoms with Crippen molar-refractivity contribution < 1.29 is 13.5 Å². The fourth-order valence-corrected chi connectivity index (χ4v) is 2.90. The Hall–Kier alpha value is -2.22. The number of halogens is 2. The summed E-state index contributed by atoms with van der Waals surface area (Å²) in [5.74, 6) is -0.893. The highest BCUT2D eigenvalue weighted by atomic mass is 32.1. The first kappa shape index (κ1) is 18.1. The van der Waals surface area contributed by atoms with Gasteiger partial charge in [-0.2, -0.15) is 0 Å². The number of guanidine groups is 1. The van der Waals surface area contributed by atoms with Crippen molar-refractivity contribution in [3.63, 3.8) is 0 Å². The number of aliphatic imine (C=N–C) groups is 1. The maximum absolute atomic E-state index is 13.1. The Balaban J connectivity index is 1.73. The van der Waals surface area contributed by atoms with E-state index < -0.39 is 11.6 Å². The van der Waals surface area contributed by atoms with Gasteiger partial charge in [-0.1, -0.05) is 0 Å². The molecule has 0 radical (unpaired) electrons. The lowest BCUT2D eigenvalue weighted by Gasteiger charge is -2.12. The fraction of sp³-hybridized carbons (Fsp3) is 0.375. The van der Waals surface area contributed by atoms with Gasteiger partial charge in [-0.05, 0) is 26.0 Å². The Bertz CT molecular complexity index is 718. The van der Waals surface area contributed by atoms with Crippen molar-refractivity contribution in [3.05, 3.63) is 45.4 Å². The molecule has 0 fully saturated rings. The lowest BCUT2D eigenvalue weighted by Crippen LogP contribution is -2.38. The van der Waals surface area contributed by atoms with Crippen molar-refractivity contribution in [3.8, 4) is 5.75 Å². The first-order chi connectivity index (χ1) is 11.5. The number of rotatable bonds is 6. The minimum absolute atomic E-state index is 0.286. The van der Waals surface area contributed by atoms with E-state index in [2.05, 4.69) is 20.6 Å². The Morgan fingerprint density at radius 3 is 2.67 bits per heavy atom. The van der Waals surface area contributed by atoms with E-state index in [0.29, 0.717) is 25.7 Å². The maximum Gasteiger partial charge on any atom is 0.191 e. The topological polar surface area (TPSA) is 58.5 Å². The fourth-order valence-electron chi connectivity index (χ4n) is 2.03. The highest BCUT2D eigenvalue weighted by Gasteiger charge is 2.06. The molecule has 0 amide bonds. The number of thiazole rings is 1. The first-order valence-corrected chi connectivity index (χ1v) is 8.26. The van der Waals surface area contributed by atoms with Crippen LogP contribution in [0, 0.1) is 25.5 Å². The Morgan fingerprint density at radius 2 is 2.04 bits per heavy atom. The third-order valence-electron chi connectivity index (χ3n) is 3.19. The molecule has 130 valence electrons. The third kappa shape index (κ3) is 5.16. The monoisotopic (exact) mass is 354 g/mol. The molecule has 2 aromatic rings. The van der Waals surface area contributed by atoms with Gasteiger partial charge in [-0.3, -0.25) is 4.99 Å². The minimum atomic E-state index is -0.923. The van der Waals surface area contributed by atoms with Crippen LogP contribution in [0.2, 0.25) is 0 Å². The molecule has 0 aliphatic carbocycles. The molecule has 0 spiro atoms. The van der Waals surface area contributed by atoms with E-state index in [1.807, 2.05) is 13.8 Å². The molecule has 0 aliphatic rings. The number of nitrogens with zero attached hydrogens (tertiary/aromatic N) is 2. The number of hydrogen-bond donors (Lipinski definition) is 2. The lowest BCUT2D eigenvalue weighted by atomic mass is 10.3. The van der Waals surface area contributed by atoms with Crippen molar-refractivity contribution in [1.29, 1.82) is 0 Å². The molecule has 2 rings (SSSR count). The average molecular weight is 354 g/mol. The summed E-state index contributed by atoms with van der Waals surface area (Å²) in [5, 5.41) is 7.33. The van der Waals surface area contributed by atoms with Gasteiger partial charge in [-0.25, -0.2) is 13.8 Å². The highest BCUT2D eigenvalue weighted by molar-refractivity contribution is 7.11. The van der Waals surface area contributed by atoms with Gasteiger partial charge in [0.25, 0.3) is 0 Å². The minimum Gasteiger partial charge on any atom is -0.492 e. The van der Waals surface area contributed by atoms with Crippen LogP contribution in [0.15, 0.2) is 23.2 Å². The van der Waals surface area contributed by atoms with Crippen LogP contribution in [-0.4, -0.2) is 31.1 Å². The molecular formula is C16H20F2N4OS. The molecule has 0 saturated carbocycles. The van der Waals surface area contributed by atoms with Crippen LogP contribution in [0.3, 0.4) is 0 Å². The average Bonchev–Trinajstić information content (AvgIpc) is 2.87. The van der Waals surface area contributed by atoms with E-state index in [4.69, 9.17) is 4.74 Å². The lowest BCUT2D eigenvalue weighted by molar-refractivity contribution is 0.318. The maximum atomic E-state index is 13.1. The summed E-state index contributed by atoms with van der Waals surface area (Å²) in [6.45, 7) is 5.36. The van der Waals surface area contributed by atoms with Crippen LogP contribution in [0.5, 0.6) is 5.75 Å². The molecule has 0 atom stereocenters. The standard InChI is InChI=1S/C16H20F2N4OS/c1-10-15(24-11(2)22-10)9-21-16(19-3)20-6-7-23-12-4-5-13(17)14(18)8-12/h4-5,8H,6-7,9H2,1-3H3,(H2,19,20,21). The number of aryl methyl sites for hydroxylation is 2. The summed E-state index contributed by atoms with van der Waals surface area (Å²) in [4.78, 5) is 9.66. The molecule has 1 aromatic carbocycles. The van der Waals surface area contributed by atoms with Gasteiger partial charge in [-0.15, -0.1) is 11.3 Å². The number of hydrogen-bond acceptors (Lipinski definition) is 4. The zero-order chi connectivity index (χ0) is 17.5. The van der Waals surface area contributed by atoms with E-state index in [9.17, 15) is 8.78 Å². The van der Waals surface area contributed by atoms with Gasteiger partial charge in [0.15, 0.2) is 17.6 Å². The molecule has 8 heteroatoms. The Labute approximate surface area is 143 Å². The van der Waals surface area contributed by atoms with Gasteiger partial charge in [0.2, 0.25) is 0 Å². The van der Waals surface area contributed by atoms with Crippen molar-refractivity contribution in [2.24, 2.45) is 4.99 Å². The van der Waals surface area contributed by atoms with E-state index in [0.717, 1.165) is 27.7 Å². The summed E-state index contributed by atoms with van der Waals surface area (Å²) < 4.78 is 31.2. The predicted octanol–water partition coefficient (Wildman–Crippen LogP) is 2.78. The van der Waals surface area contributed by atoms with Gasteiger partial charge >= 0.3 is 0 Å². The van der Waals surface area contributed by atoms with Crippen LogP contribution in [0.25, 0.3) is 0 Å². The molecule has 24 heavy (non-hydrogen) atoms. The SMILES string of the molecule is CN=C(NCCOc1ccc(F)c(F)c1)NCc1sc(C)nc1C. The Kier molecular flexibility index (Phi) is 6.48. The first-order valence-electron chi connectivity index (χ1n) is 7.45. The predicted molar refractivity (Wildman–Crippen MR) is 91.6 cm³/mol. The van der Waals surface area contributed by atoms with Gasteiger partial charge in [0.1, 0.15) is 12.4 Å². The molecule has 0 aliphatic heterocycles. The molecule has 0 unspecified atom stereocenters. The summed E-state index contributed by atoms with van der Waals surface area (Å²) >= 11 is 1.65. The molecule has 1 heterocycles. The third-order valence-corrected chi connectivity index (χ3v) is 4.27. The van der Waals surface area contributed by atoms with E-state index in [1.165, 1.54) is 6.07 Å². The van der Waals surface area contributed by atoms with Gasteiger partial charge in [0, 0.05) is 18.0 Å². The number of ether oxygens (including phenoxy) is 1. The zero-order valence-corrected chi connectivity index (χ0v) is 14.6. The van der Waals surface area contributed by atoms with E-state index >= 15 is 0 Å². The zero-order valence-electron chi connectivity index (χ0n) is 13.8. The van der Waals surface area contributed by atoms with Gasteiger partial charge in [0.05, 0.1) is 23.8 Å². The van der Waals surface area contributed by atoms with Gasteiger partial charge < -0.3 is 15.4 Å². The van der Waals surface area contributed by atoms with Crippen LogP contribution in [0.1, 0.15) is 15.6 Å². The largest absolute Gasteiger partial charge is 0.492 e. The molecule has 2 N–H and O–H groups in total. The van der Waals surface area contributed by atoms with E-state index in [-0.39, 0.29) is 5.75 Å². The second-order valence-corrected chi connectivity index (χ2v) is 6.31. The molecule has 0 saturated heterocycles. The molecular weight excluding hydrogens is 334 g/mol. The van der Waals surface area contributed by atoms with Crippen molar-refractivity contribution in [2.45, 2.75) is 20.4 Å². The normalized spacial score (nSPS) is 11.5. The summed E-state index contributed by atoms with van der Waals surface area (Å²) in [5.41, 5.74) is 1.02. The molecule has 1 aromatic heterocycles. The van der Waals surface area contributed by atoms with Crippen molar-refractivity contribution in [2.75, 3.05) is 20.2 Å². The summed E-state index contributed by atoms with van der Waals surface area (Å²) in [6, 6.07) is 3.45. The smallest absolute Gasteiger partial charge is 0.191 e. The number of nitrogens with one attached hydrogen (secondary N) is 2. The quantitative estimate of drug-likeness (QED) is 0.476.